The molecule has 25 heavy (non-hydrogen) atoms. The number of nitrogens with one attached hydrogen (secondary N) is 2. The quantitative estimate of drug-likeness (QED) is 0.843. The second-order valence-corrected chi connectivity index (χ2v) is 6.21. The minimum absolute atomic E-state index is 0.221. The third-order valence-electron chi connectivity index (χ3n) is 4.03. The zero-order chi connectivity index (χ0) is 17.9. The highest BCUT2D eigenvalue weighted by atomic mass is 16.2. The maximum atomic E-state index is 12.8. The van der Waals surface area contributed by atoms with Gasteiger partial charge in [-0.25, -0.2) is 10.4 Å². The Morgan fingerprint density at radius 3 is 2.16 bits per heavy atom. The summed E-state index contributed by atoms with van der Waals surface area (Å²) in [6.45, 7) is 3.69. The molecule has 0 aliphatic carbocycles. The highest BCUT2D eigenvalue weighted by Gasteiger charge is 2.41. The number of rotatable bonds is 4. The molecule has 0 radical (unpaired) electrons. The van der Waals surface area contributed by atoms with Gasteiger partial charge in [-0.15, -0.1) is 0 Å². The number of nitrogens with zero attached hydrogens (tertiary/aromatic N) is 2. The number of carbonyl (C=O) groups excluding carboxylic acids is 2. The van der Waals surface area contributed by atoms with Crippen LogP contribution in [0.2, 0.25) is 0 Å². The van der Waals surface area contributed by atoms with Crippen molar-refractivity contribution >= 4 is 17.5 Å². The van der Waals surface area contributed by atoms with Crippen molar-refractivity contribution in [2.24, 2.45) is 5.10 Å². The second-order valence-electron chi connectivity index (χ2n) is 6.21. The van der Waals surface area contributed by atoms with Crippen LogP contribution in [-0.2, 0) is 0 Å². The SMILES string of the molecule is CC1=NN(C(=O)c2ccccc2)[C@](C)(NNC(=O)c2ccccc2)C1. The van der Waals surface area contributed by atoms with Crippen LogP contribution in [0.15, 0.2) is 65.8 Å². The molecule has 0 saturated carbocycles. The van der Waals surface area contributed by atoms with Crippen molar-refractivity contribution in [3.8, 4) is 0 Å². The molecule has 2 amide bonds. The summed E-state index contributed by atoms with van der Waals surface area (Å²) in [5.74, 6) is -0.486. The van der Waals surface area contributed by atoms with Gasteiger partial charge in [0.2, 0.25) is 0 Å². The van der Waals surface area contributed by atoms with Crippen LogP contribution in [-0.4, -0.2) is 28.2 Å². The number of hydrogen-bond acceptors (Lipinski definition) is 4. The van der Waals surface area contributed by atoms with Crippen molar-refractivity contribution in [3.63, 3.8) is 0 Å². The molecule has 6 heteroatoms. The molecule has 0 aromatic heterocycles. The van der Waals surface area contributed by atoms with E-state index in [4.69, 9.17) is 0 Å². The lowest BCUT2D eigenvalue weighted by Gasteiger charge is -2.33. The van der Waals surface area contributed by atoms with Crippen molar-refractivity contribution in [2.75, 3.05) is 0 Å². The summed E-state index contributed by atoms with van der Waals surface area (Å²) >= 11 is 0. The summed E-state index contributed by atoms with van der Waals surface area (Å²) in [6, 6.07) is 17.8. The zero-order valence-corrected chi connectivity index (χ0v) is 14.2. The molecule has 2 aromatic rings. The van der Waals surface area contributed by atoms with Crippen LogP contribution >= 0.6 is 0 Å². The average Bonchev–Trinajstić information content (AvgIpc) is 2.95. The number of carbonyl (C=O) groups is 2. The Kier molecular flexibility index (Phi) is 4.63. The lowest BCUT2D eigenvalue weighted by atomic mass is 10.1. The minimum atomic E-state index is -0.832. The minimum Gasteiger partial charge on any atom is -0.285 e. The molecule has 0 bridgehead atoms. The molecule has 0 saturated heterocycles. The number of benzene rings is 2. The van der Waals surface area contributed by atoms with Crippen LogP contribution in [0.4, 0.5) is 0 Å². The van der Waals surface area contributed by atoms with Crippen molar-refractivity contribution in [3.05, 3.63) is 71.8 Å². The van der Waals surface area contributed by atoms with Crippen molar-refractivity contribution in [2.45, 2.75) is 25.9 Å². The lowest BCUT2D eigenvalue weighted by Crippen LogP contribution is -2.60. The van der Waals surface area contributed by atoms with E-state index in [1.807, 2.05) is 38.1 Å². The van der Waals surface area contributed by atoms with E-state index in [-0.39, 0.29) is 11.8 Å². The topological polar surface area (TPSA) is 73.8 Å². The van der Waals surface area contributed by atoms with Gasteiger partial charge < -0.3 is 0 Å². The molecule has 1 aliphatic rings. The molecule has 2 N–H and O–H groups in total. The van der Waals surface area contributed by atoms with E-state index in [0.29, 0.717) is 17.5 Å². The average molecular weight is 336 g/mol. The van der Waals surface area contributed by atoms with Crippen LogP contribution in [0.5, 0.6) is 0 Å². The first-order valence-electron chi connectivity index (χ1n) is 8.06. The van der Waals surface area contributed by atoms with Gasteiger partial charge in [0.1, 0.15) is 5.66 Å². The molecular formula is C19H20N4O2. The van der Waals surface area contributed by atoms with Gasteiger partial charge in [0, 0.05) is 23.3 Å². The number of hydrogen-bond donors (Lipinski definition) is 2. The third-order valence-corrected chi connectivity index (χ3v) is 4.03. The molecule has 0 unspecified atom stereocenters. The van der Waals surface area contributed by atoms with Crippen LogP contribution < -0.4 is 10.9 Å². The monoisotopic (exact) mass is 336 g/mol. The Morgan fingerprint density at radius 1 is 1.00 bits per heavy atom. The maximum absolute atomic E-state index is 12.8. The Hall–Kier alpha value is -2.99. The summed E-state index contributed by atoms with van der Waals surface area (Å²) in [4.78, 5) is 25.0. The van der Waals surface area contributed by atoms with Gasteiger partial charge in [0.15, 0.2) is 0 Å². The smallest absolute Gasteiger partial charge is 0.275 e. The fourth-order valence-corrected chi connectivity index (χ4v) is 2.81. The first kappa shape index (κ1) is 16.9. The maximum Gasteiger partial charge on any atom is 0.275 e. The van der Waals surface area contributed by atoms with Gasteiger partial charge in [0.25, 0.3) is 11.8 Å². The Bertz CT molecular complexity index is 805. The second kappa shape index (κ2) is 6.86. The van der Waals surface area contributed by atoms with Crippen LogP contribution in [0.3, 0.4) is 0 Å². The van der Waals surface area contributed by atoms with E-state index >= 15 is 0 Å². The molecule has 1 atom stereocenters. The van der Waals surface area contributed by atoms with Crippen LogP contribution in [0.1, 0.15) is 41.0 Å². The molecule has 0 fully saturated rings. The summed E-state index contributed by atoms with van der Waals surface area (Å²) in [5, 5.41) is 5.75. The normalized spacial score (nSPS) is 19.4. The van der Waals surface area contributed by atoms with E-state index < -0.39 is 5.66 Å². The van der Waals surface area contributed by atoms with Gasteiger partial charge in [-0.3, -0.25) is 15.0 Å². The van der Waals surface area contributed by atoms with Gasteiger partial charge in [-0.1, -0.05) is 36.4 Å². The largest absolute Gasteiger partial charge is 0.285 e. The van der Waals surface area contributed by atoms with Crippen molar-refractivity contribution in [1.29, 1.82) is 0 Å². The summed E-state index contributed by atoms with van der Waals surface area (Å²) in [7, 11) is 0. The molecular weight excluding hydrogens is 316 g/mol. The van der Waals surface area contributed by atoms with E-state index in [0.717, 1.165) is 5.71 Å². The zero-order valence-electron chi connectivity index (χ0n) is 14.2. The van der Waals surface area contributed by atoms with E-state index in [1.165, 1.54) is 5.01 Å². The fourth-order valence-electron chi connectivity index (χ4n) is 2.81. The van der Waals surface area contributed by atoms with E-state index in [1.54, 1.807) is 36.4 Å². The molecule has 1 aliphatic heterocycles. The number of hydrazine groups is 1. The Morgan fingerprint density at radius 2 is 1.56 bits per heavy atom. The van der Waals surface area contributed by atoms with Crippen LogP contribution in [0.25, 0.3) is 0 Å². The molecule has 0 spiro atoms. The Labute approximate surface area is 146 Å². The molecule has 1 heterocycles. The molecule has 2 aromatic carbocycles. The highest BCUT2D eigenvalue weighted by Crippen LogP contribution is 2.26. The van der Waals surface area contributed by atoms with E-state index in [9.17, 15) is 9.59 Å². The number of amides is 2. The van der Waals surface area contributed by atoms with Gasteiger partial charge >= 0.3 is 0 Å². The van der Waals surface area contributed by atoms with Crippen molar-refractivity contribution in [1.82, 2.24) is 15.9 Å². The first-order valence-corrected chi connectivity index (χ1v) is 8.06. The predicted molar refractivity (Wildman–Crippen MR) is 95.8 cm³/mol. The molecule has 3 rings (SSSR count). The summed E-state index contributed by atoms with van der Waals surface area (Å²) < 4.78 is 0. The standard InChI is InChI=1S/C19H20N4O2/c1-14-13-19(2,22-20-17(24)15-9-5-3-6-10-15)23(21-14)18(25)16-11-7-4-8-12-16/h3-12,22H,13H2,1-2H3,(H,20,24)/t19-/m0/s1. The fraction of sp³-hybridized carbons (Fsp3) is 0.211. The molecule has 6 nitrogen and oxygen atoms in total. The summed E-state index contributed by atoms with van der Waals surface area (Å²) in [6.07, 6.45) is 0.515. The van der Waals surface area contributed by atoms with Gasteiger partial charge in [-0.2, -0.15) is 5.10 Å². The lowest BCUT2D eigenvalue weighted by molar-refractivity contribution is 0.0438. The highest BCUT2D eigenvalue weighted by molar-refractivity contribution is 5.98. The number of hydrazone groups is 1. The summed E-state index contributed by atoms with van der Waals surface area (Å²) in [5.41, 5.74) is 6.72. The Balaban J connectivity index is 1.75. The van der Waals surface area contributed by atoms with Crippen molar-refractivity contribution < 1.29 is 9.59 Å². The predicted octanol–water partition coefficient (Wildman–Crippen LogP) is 2.56. The third kappa shape index (κ3) is 3.59. The van der Waals surface area contributed by atoms with Gasteiger partial charge in [-0.05, 0) is 38.1 Å². The molecule has 128 valence electrons. The first-order chi connectivity index (χ1) is 12.0. The van der Waals surface area contributed by atoms with E-state index in [2.05, 4.69) is 16.0 Å². The van der Waals surface area contributed by atoms with Gasteiger partial charge in [0.05, 0.1) is 0 Å². The van der Waals surface area contributed by atoms with Crippen LogP contribution in [0, 0.1) is 0 Å².